The molecule has 1 unspecified atom stereocenters. The molecule has 298 valence electrons. The highest BCUT2D eigenvalue weighted by Gasteiger charge is 2.39. The SMILES string of the molecule is CC1(c2ccccc2)Oc2cc(-c3ccc(-c4nc(-c5ccccc5)nc(-c5ccccc5)n4)cc3)ccc2-c2ccc(-c3nc(-c4ccccc4)nc(-c4ccccc4)n3)cc21. The van der Waals surface area contributed by atoms with Gasteiger partial charge in [0.25, 0.3) is 0 Å². The summed E-state index contributed by atoms with van der Waals surface area (Å²) in [4.78, 5) is 29.7. The third kappa shape index (κ3) is 7.21. The first kappa shape index (κ1) is 37.6. The smallest absolute Gasteiger partial charge is 0.164 e. The van der Waals surface area contributed by atoms with E-state index >= 15 is 0 Å². The molecule has 0 N–H and O–H groups in total. The summed E-state index contributed by atoms with van der Waals surface area (Å²) in [5.74, 6) is 4.51. The standard InChI is InChI=1S/C56H38N6O/c1-56(45-25-15-6-16-26-45)48-35-44(55-61-52(40-21-11-4-12-22-40)58-53(62-55)41-23-13-5-14-24-41)32-33-46(48)47-34-31-43(36-49(47)63-56)37-27-29-42(30-28-37)54-59-50(38-17-7-2-8-18-38)57-51(60-54)39-19-9-3-10-20-39/h2-36H,1H3. The summed E-state index contributed by atoms with van der Waals surface area (Å²) in [6.07, 6.45) is 0. The number of hydrogen-bond acceptors (Lipinski definition) is 7. The number of rotatable bonds is 8. The van der Waals surface area contributed by atoms with Crippen LogP contribution >= 0.6 is 0 Å². The Labute approximate surface area is 365 Å². The highest BCUT2D eigenvalue weighted by atomic mass is 16.5. The van der Waals surface area contributed by atoms with Crippen molar-refractivity contribution >= 4 is 0 Å². The van der Waals surface area contributed by atoms with Gasteiger partial charge in [0.15, 0.2) is 40.5 Å². The second-order valence-corrected chi connectivity index (χ2v) is 15.6. The third-order valence-corrected chi connectivity index (χ3v) is 11.6. The van der Waals surface area contributed by atoms with E-state index in [0.29, 0.717) is 34.9 Å². The fourth-order valence-electron chi connectivity index (χ4n) is 8.25. The quantitative estimate of drug-likeness (QED) is 0.151. The molecule has 10 aromatic rings. The van der Waals surface area contributed by atoms with Crippen LogP contribution in [0.2, 0.25) is 0 Å². The zero-order valence-electron chi connectivity index (χ0n) is 34.3. The van der Waals surface area contributed by atoms with Gasteiger partial charge in [-0.15, -0.1) is 0 Å². The molecule has 1 aliphatic rings. The molecule has 0 bridgehead atoms. The lowest BCUT2D eigenvalue weighted by atomic mass is 9.79. The first-order valence-electron chi connectivity index (χ1n) is 20.9. The van der Waals surface area contributed by atoms with Gasteiger partial charge >= 0.3 is 0 Å². The molecule has 0 spiro atoms. The second-order valence-electron chi connectivity index (χ2n) is 15.6. The van der Waals surface area contributed by atoms with Crippen LogP contribution in [0.5, 0.6) is 5.75 Å². The van der Waals surface area contributed by atoms with Crippen molar-refractivity contribution in [3.8, 4) is 96.3 Å². The van der Waals surface area contributed by atoms with E-state index in [-0.39, 0.29) is 0 Å². The molecule has 1 aliphatic heterocycles. The van der Waals surface area contributed by atoms with Crippen LogP contribution in [0.25, 0.3) is 90.6 Å². The van der Waals surface area contributed by atoms with Crippen molar-refractivity contribution in [3.63, 3.8) is 0 Å². The fourth-order valence-corrected chi connectivity index (χ4v) is 8.25. The topological polar surface area (TPSA) is 86.6 Å². The Bertz CT molecular complexity index is 3120. The van der Waals surface area contributed by atoms with Gasteiger partial charge in [-0.25, -0.2) is 29.9 Å². The van der Waals surface area contributed by atoms with E-state index in [0.717, 1.165) is 72.5 Å². The molecule has 7 nitrogen and oxygen atoms in total. The van der Waals surface area contributed by atoms with Gasteiger partial charge in [-0.05, 0) is 41.3 Å². The number of ether oxygens (including phenoxy) is 1. The van der Waals surface area contributed by atoms with Crippen LogP contribution in [-0.4, -0.2) is 29.9 Å². The van der Waals surface area contributed by atoms with Crippen LogP contribution < -0.4 is 4.74 Å². The van der Waals surface area contributed by atoms with Crippen LogP contribution in [0.3, 0.4) is 0 Å². The van der Waals surface area contributed by atoms with Crippen LogP contribution in [0, 0.1) is 0 Å². The van der Waals surface area contributed by atoms with E-state index < -0.39 is 5.60 Å². The Balaban J connectivity index is 0.980. The maximum absolute atomic E-state index is 7.19. The van der Waals surface area contributed by atoms with E-state index in [9.17, 15) is 0 Å². The zero-order chi connectivity index (χ0) is 42.2. The van der Waals surface area contributed by atoms with Gasteiger partial charge in [0.2, 0.25) is 0 Å². The average molecular weight is 811 g/mol. The van der Waals surface area contributed by atoms with E-state index in [1.165, 1.54) is 0 Å². The highest BCUT2D eigenvalue weighted by Crippen LogP contribution is 2.50. The Morgan fingerprint density at radius 3 is 1.08 bits per heavy atom. The first-order chi connectivity index (χ1) is 31.1. The average Bonchev–Trinajstić information content (AvgIpc) is 3.37. The molecule has 0 fully saturated rings. The summed E-state index contributed by atoms with van der Waals surface area (Å²) >= 11 is 0. The van der Waals surface area contributed by atoms with Crippen molar-refractivity contribution in [2.24, 2.45) is 0 Å². The van der Waals surface area contributed by atoms with Crippen molar-refractivity contribution in [3.05, 3.63) is 223 Å². The molecule has 0 saturated heterocycles. The summed E-state index contributed by atoms with van der Waals surface area (Å²) in [6.45, 7) is 2.15. The summed E-state index contributed by atoms with van der Waals surface area (Å²) < 4.78 is 7.19. The number of aromatic nitrogens is 6. The Morgan fingerprint density at radius 2 is 0.635 bits per heavy atom. The van der Waals surface area contributed by atoms with Crippen LogP contribution in [-0.2, 0) is 5.60 Å². The van der Waals surface area contributed by atoms with Gasteiger partial charge in [-0.1, -0.05) is 200 Å². The van der Waals surface area contributed by atoms with Crippen molar-refractivity contribution in [2.45, 2.75) is 12.5 Å². The third-order valence-electron chi connectivity index (χ3n) is 11.6. The maximum Gasteiger partial charge on any atom is 0.164 e. The fraction of sp³-hybridized carbons (Fsp3) is 0.0357. The predicted molar refractivity (Wildman–Crippen MR) is 250 cm³/mol. The molecular weight excluding hydrogens is 773 g/mol. The lowest BCUT2D eigenvalue weighted by molar-refractivity contribution is 0.129. The maximum atomic E-state index is 7.19. The van der Waals surface area contributed by atoms with Crippen LogP contribution in [0.1, 0.15) is 18.1 Å². The van der Waals surface area contributed by atoms with Gasteiger partial charge in [-0.2, -0.15) is 0 Å². The second kappa shape index (κ2) is 15.9. The number of nitrogens with zero attached hydrogens (tertiary/aromatic N) is 6. The lowest BCUT2D eigenvalue weighted by Crippen LogP contribution is -2.34. The van der Waals surface area contributed by atoms with Crippen molar-refractivity contribution in [1.82, 2.24) is 29.9 Å². The summed E-state index contributed by atoms with van der Waals surface area (Å²) in [6, 6.07) is 71.9. The minimum atomic E-state index is -0.828. The highest BCUT2D eigenvalue weighted by molar-refractivity contribution is 5.83. The zero-order valence-corrected chi connectivity index (χ0v) is 34.3. The molecule has 63 heavy (non-hydrogen) atoms. The molecule has 0 saturated carbocycles. The molecule has 0 amide bonds. The van der Waals surface area contributed by atoms with Crippen molar-refractivity contribution < 1.29 is 4.74 Å². The van der Waals surface area contributed by atoms with E-state index in [4.69, 9.17) is 34.6 Å². The summed E-state index contributed by atoms with van der Waals surface area (Å²) in [5, 5.41) is 0. The summed E-state index contributed by atoms with van der Waals surface area (Å²) in [5.41, 5.74) is 10.9. The Hall–Kier alpha value is -8.42. The monoisotopic (exact) mass is 810 g/mol. The summed E-state index contributed by atoms with van der Waals surface area (Å²) in [7, 11) is 0. The van der Waals surface area contributed by atoms with E-state index in [2.05, 4.69) is 91.9 Å². The van der Waals surface area contributed by atoms with Gasteiger partial charge in [0.05, 0.1) is 0 Å². The normalized spacial score (nSPS) is 14.0. The minimum absolute atomic E-state index is 0.593. The molecule has 8 aromatic carbocycles. The molecule has 2 aromatic heterocycles. The van der Waals surface area contributed by atoms with Gasteiger partial charge in [-0.3, -0.25) is 0 Å². The van der Waals surface area contributed by atoms with Crippen molar-refractivity contribution in [2.75, 3.05) is 0 Å². The van der Waals surface area contributed by atoms with Gasteiger partial charge in [0, 0.05) is 44.5 Å². The Kier molecular flexibility index (Phi) is 9.47. The molecule has 11 rings (SSSR count). The van der Waals surface area contributed by atoms with Crippen LogP contribution in [0.15, 0.2) is 212 Å². The van der Waals surface area contributed by atoms with Crippen molar-refractivity contribution in [1.29, 1.82) is 0 Å². The molecule has 1 atom stereocenters. The molecule has 0 radical (unpaired) electrons. The largest absolute Gasteiger partial charge is 0.477 e. The first-order valence-corrected chi connectivity index (χ1v) is 20.9. The number of benzene rings is 8. The number of hydrogen-bond donors (Lipinski definition) is 0. The molecule has 0 aliphatic carbocycles. The van der Waals surface area contributed by atoms with E-state index in [1.54, 1.807) is 0 Å². The van der Waals surface area contributed by atoms with E-state index in [1.807, 2.05) is 127 Å². The van der Waals surface area contributed by atoms with Crippen LogP contribution in [0.4, 0.5) is 0 Å². The molecule has 7 heteroatoms. The minimum Gasteiger partial charge on any atom is -0.477 e. The predicted octanol–water partition coefficient (Wildman–Crippen LogP) is 13.0. The Morgan fingerprint density at radius 1 is 0.302 bits per heavy atom. The molecule has 3 heterocycles. The molecular formula is C56H38N6O. The number of fused-ring (bicyclic) bond motifs is 3. The lowest BCUT2D eigenvalue weighted by Gasteiger charge is -2.38. The van der Waals surface area contributed by atoms with Gasteiger partial charge in [0.1, 0.15) is 5.75 Å². The van der Waals surface area contributed by atoms with Gasteiger partial charge < -0.3 is 4.74 Å².